The molecule has 0 aliphatic carbocycles. The second-order valence-corrected chi connectivity index (χ2v) is 10.1. The SMILES string of the molecule is C[C@H](/C=C/S(C)(=O)=O)NC(=O)c1ccc(N2CCCCC2c2ccccc2Cl)cc1F. The molecule has 31 heavy (non-hydrogen) atoms. The largest absolute Gasteiger partial charge is 0.364 e. The number of nitrogens with one attached hydrogen (secondary N) is 1. The molecule has 2 aromatic rings. The van der Waals surface area contributed by atoms with Gasteiger partial charge >= 0.3 is 0 Å². The molecule has 166 valence electrons. The average Bonchev–Trinajstić information content (AvgIpc) is 2.72. The molecule has 0 spiro atoms. The fourth-order valence-corrected chi connectivity index (χ4v) is 4.55. The van der Waals surface area contributed by atoms with Gasteiger partial charge in [0.2, 0.25) is 0 Å². The zero-order chi connectivity index (χ0) is 22.6. The second kappa shape index (κ2) is 9.83. The van der Waals surface area contributed by atoms with E-state index in [0.29, 0.717) is 10.7 Å². The van der Waals surface area contributed by atoms with Crippen LogP contribution in [0.3, 0.4) is 0 Å². The summed E-state index contributed by atoms with van der Waals surface area (Å²) in [6, 6.07) is 11.7. The second-order valence-electron chi connectivity index (χ2n) is 7.81. The van der Waals surface area contributed by atoms with Gasteiger partial charge in [-0.15, -0.1) is 0 Å². The number of carbonyl (C=O) groups is 1. The first-order chi connectivity index (χ1) is 14.7. The van der Waals surface area contributed by atoms with Crippen molar-refractivity contribution >= 4 is 33.0 Å². The molecule has 1 saturated heterocycles. The van der Waals surface area contributed by atoms with Crippen LogP contribution in [0.5, 0.6) is 0 Å². The molecule has 0 aromatic heterocycles. The number of benzene rings is 2. The lowest BCUT2D eigenvalue weighted by molar-refractivity contribution is 0.0943. The maximum absolute atomic E-state index is 14.9. The first-order valence-corrected chi connectivity index (χ1v) is 12.5. The van der Waals surface area contributed by atoms with Crippen molar-refractivity contribution in [2.24, 2.45) is 0 Å². The van der Waals surface area contributed by atoms with Crippen molar-refractivity contribution in [2.75, 3.05) is 17.7 Å². The number of rotatable bonds is 6. The quantitative estimate of drug-likeness (QED) is 0.661. The van der Waals surface area contributed by atoms with E-state index >= 15 is 0 Å². The van der Waals surface area contributed by atoms with E-state index < -0.39 is 27.6 Å². The Bertz CT molecular complexity index is 1090. The number of halogens is 2. The topological polar surface area (TPSA) is 66.5 Å². The van der Waals surface area contributed by atoms with Crippen molar-refractivity contribution in [1.82, 2.24) is 5.32 Å². The third-order valence-electron chi connectivity index (χ3n) is 5.27. The fraction of sp³-hybridized carbons (Fsp3) is 0.348. The van der Waals surface area contributed by atoms with E-state index in [1.54, 1.807) is 13.0 Å². The van der Waals surface area contributed by atoms with Crippen LogP contribution < -0.4 is 10.2 Å². The lowest BCUT2D eigenvalue weighted by Crippen LogP contribution is -2.34. The highest BCUT2D eigenvalue weighted by Gasteiger charge is 2.27. The van der Waals surface area contributed by atoms with Crippen molar-refractivity contribution in [3.05, 3.63) is 75.9 Å². The summed E-state index contributed by atoms with van der Waals surface area (Å²) in [4.78, 5) is 14.6. The molecule has 5 nitrogen and oxygen atoms in total. The van der Waals surface area contributed by atoms with Gasteiger partial charge < -0.3 is 10.2 Å². The van der Waals surface area contributed by atoms with Crippen molar-refractivity contribution in [1.29, 1.82) is 0 Å². The van der Waals surface area contributed by atoms with Crippen molar-refractivity contribution < 1.29 is 17.6 Å². The molecule has 1 aliphatic heterocycles. The monoisotopic (exact) mass is 464 g/mol. The van der Waals surface area contributed by atoms with Gasteiger partial charge in [0.1, 0.15) is 5.82 Å². The van der Waals surface area contributed by atoms with E-state index in [0.717, 1.165) is 43.0 Å². The van der Waals surface area contributed by atoms with Gasteiger partial charge in [-0.2, -0.15) is 0 Å². The molecule has 2 atom stereocenters. The summed E-state index contributed by atoms with van der Waals surface area (Å²) in [5, 5.41) is 4.29. The molecular formula is C23H26ClFN2O3S. The molecule has 8 heteroatoms. The molecule has 1 N–H and O–H groups in total. The number of hydrogen-bond donors (Lipinski definition) is 1. The molecule has 1 amide bonds. The van der Waals surface area contributed by atoms with Gasteiger partial charge in [-0.3, -0.25) is 4.79 Å². The average molecular weight is 465 g/mol. The van der Waals surface area contributed by atoms with Gasteiger partial charge in [-0.1, -0.05) is 35.9 Å². The van der Waals surface area contributed by atoms with Gasteiger partial charge in [0.05, 0.1) is 11.6 Å². The van der Waals surface area contributed by atoms with Crippen molar-refractivity contribution in [2.45, 2.75) is 38.3 Å². The molecule has 1 aliphatic rings. The van der Waals surface area contributed by atoms with Crippen LogP contribution >= 0.6 is 11.6 Å². The molecule has 0 radical (unpaired) electrons. The highest BCUT2D eigenvalue weighted by molar-refractivity contribution is 7.93. The van der Waals surface area contributed by atoms with Crippen LogP contribution in [0.4, 0.5) is 10.1 Å². The van der Waals surface area contributed by atoms with Crippen LogP contribution in [0.15, 0.2) is 53.9 Å². The molecular weight excluding hydrogens is 439 g/mol. The first kappa shape index (κ1) is 23.3. The molecule has 1 fully saturated rings. The third-order valence-corrected chi connectivity index (χ3v) is 6.26. The minimum atomic E-state index is -3.30. The van der Waals surface area contributed by atoms with Crippen LogP contribution in [0.25, 0.3) is 0 Å². The Kier molecular flexibility index (Phi) is 7.38. The summed E-state index contributed by atoms with van der Waals surface area (Å²) in [5.74, 6) is -1.23. The Hall–Kier alpha value is -2.38. The minimum Gasteiger partial charge on any atom is -0.364 e. The highest BCUT2D eigenvalue weighted by Crippen LogP contribution is 2.38. The maximum atomic E-state index is 14.9. The fourth-order valence-electron chi connectivity index (χ4n) is 3.77. The zero-order valence-corrected chi connectivity index (χ0v) is 19.1. The standard InChI is InChI=1S/C23H26ClFN2O3S/c1-16(12-14-31(2,29)30)26-23(28)19-11-10-17(15-21(19)25)27-13-6-5-9-22(27)18-7-3-4-8-20(18)24/h3-4,7-8,10-12,14-16,22H,5-6,9,13H2,1-2H3,(H,26,28)/b14-12+/t16-,22?/m1/s1. The first-order valence-electron chi connectivity index (χ1n) is 10.2. The van der Waals surface area contributed by atoms with E-state index in [2.05, 4.69) is 10.2 Å². The van der Waals surface area contributed by atoms with E-state index in [9.17, 15) is 17.6 Å². The Labute approximate surface area is 187 Å². The highest BCUT2D eigenvalue weighted by atomic mass is 35.5. The third kappa shape index (κ3) is 6.08. The molecule has 1 heterocycles. The number of anilines is 1. The molecule has 2 aromatic carbocycles. The lowest BCUT2D eigenvalue weighted by atomic mass is 9.94. The Morgan fingerprint density at radius 2 is 2.00 bits per heavy atom. The number of nitrogens with zero attached hydrogens (tertiary/aromatic N) is 1. The predicted octanol–water partition coefficient (Wildman–Crippen LogP) is 4.89. The summed E-state index contributed by atoms with van der Waals surface area (Å²) < 4.78 is 37.3. The van der Waals surface area contributed by atoms with Crippen LogP contribution in [0, 0.1) is 5.82 Å². The molecule has 3 rings (SSSR count). The smallest absolute Gasteiger partial charge is 0.254 e. The normalized spacial score (nSPS) is 18.2. The molecule has 0 bridgehead atoms. The molecule has 1 unspecified atom stereocenters. The van der Waals surface area contributed by atoms with Gasteiger partial charge in [0.15, 0.2) is 9.84 Å². The van der Waals surface area contributed by atoms with E-state index in [4.69, 9.17) is 11.6 Å². The van der Waals surface area contributed by atoms with Crippen LogP contribution in [-0.2, 0) is 9.84 Å². The Morgan fingerprint density at radius 1 is 1.26 bits per heavy atom. The number of sulfone groups is 1. The van der Waals surface area contributed by atoms with E-state index in [1.165, 1.54) is 18.2 Å². The summed E-state index contributed by atoms with van der Waals surface area (Å²) in [5.41, 5.74) is 1.62. The van der Waals surface area contributed by atoms with Crippen molar-refractivity contribution in [3.63, 3.8) is 0 Å². The maximum Gasteiger partial charge on any atom is 0.254 e. The Balaban J connectivity index is 1.80. The Morgan fingerprint density at radius 3 is 2.68 bits per heavy atom. The summed E-state index contributed by atoms with van der Waals surface area (Å²) >= 11 is 6.41. The van der Waals surface area contributed by atoms with Gasteiger partial charge in [0.25, 0.3) is 5.91 Å². The van der Waals surface area contributed by atoms with Crippen molar-refractivity contribution in [3.8, 4) is 0 Å². The summed E-state index contributed by atoms with van der Waals surface area (Å²) in [7, 11) is -3.30. The number of piperidine rings is 1. The van der Waals surface area contributed by atoms with E-state index in [1.807, 2.05) is 24.3 Å². The van der Waals surface area contributed by atoms with E-state index in [-0.39, 0.29) is 11.6 Å². The number of carbonyl (C=O) groups excluding carboxylic acids is 1. The summed E-state index contributed by atoms with van der Waals surface area (Å²) in [6.45, 7) is 2.39. The number of amides is 1. The number of hydrogen-bond acceptors (Lipinski definition) is 4. The minimum absolute atomic E-state index is 0.0441. The van der Waals surface area contributed by atoms with Gasteiger partial charge in [0, 0.05) is 35.0 Å². The van der Waals surface area contributed by atoms with Crippen LogP contribution in [-0.4, -0.2) is 33.2 Å². The van der Waals surface area contributed by atoms with Crippen LogP contribution in [0.2, 0.25) is 5.02 Å². The predicted molar refractivity (Wildman–Crippen MR) is 123 cm³/mol. The van der Waals surface area contributed by atoms with Crippen LogP contribution in [0.1, 0.15) is 48.1 Å². The lowest BCUT2D eigenvalue weighted by Gasteiger charge is -2.38. The summed E-state index contributed by atoms with van der Waals surface area (Å²) in [6.07, 6.45) is 5.38. The van der Waals surface area contributed by atoms with Gasteiger partial charge in [-0.05, 0) is 56.0 Å². The zero-order valence-electron chi connectivity index (χ0n) is 17.5. The molecule has 0 saturated carbocycles. The van der Waals surface area contributed by atoms with Gasteiger partial charge in [-0.25, -0.2) is 12.8 Å².